The molecule has 0 bridgehead atoms. The summed E-state index contributed by atoms with van der Waals surface area (Å²) in [5.74, 6) is 0.205. The second kappa shape index (κ2) is 5.69. The first kappa shape index (κ1) is 13.8. The molecule has 110 valence electrons. The molecule has 1 fully saturated rings. The number of pyridine rings is 1. The van der Waals surface area contributed by atoms with Crippen molar-refractivity contribution < 1.29 is 4.79 Å². The van der Waals surface area contributed by atoms with Crippen LogP contribution in [0.25, 0.3) is 0 Å². The van der Waals surface area contributed by atoms with Crippen LogP contribution in [0.5, 0.6) is 0 Å². The molecule has 1 atom stereocenters. The summed E-state index contributed by atoms with van der Waals surface area (Å²) in [5.41, 5.74) is 5.18. The summed E-state index contributed by atoms with van der Waals surface area (Å²) in [7, 11) is 0. The van der Waals surface area contributed by atoms with Gasteiger partial charge in [0.15, 0.2) is 0 Å². The minimum atomic E-state index is -0.616. The van der Waals surface area contributed by atoms with E-state index >= 15 is 0 Å². The van der Waals surface area contributed by atoms with E-state index in [1.807, 2.05) is 12.1 Å². The van der Waals surface area contributed by atoms with Crippen molar-refractivity contribution in [2.75, 3.05) is 18.0 Å². The Balaban J connectivity index is 1.79. The van der Waals surface area contributed by atoms with Crippen LogP contribution in [0.3, 0.4) is 0 Å². The Labute approximate surface area is 126 Å². The van der Waals surface area contributed by atoms with Crippen molar-refractivity contribution in [2.45, 2.75) is 18.9 Å². The lowest BCUT2D eigenvalue weighted by molar-refractivity contribution is 0.0990. The second-order valence-electron chi connectivity index (χ2n) is 4.96. The quantitative estimate of drug-likeness (QED) is 0.922. The summed E-state index contributed by atoms with van der Waals surface area (Å²) < 4.78 is 1.70. The van der Waals surface area contributed by atoms with Crippen LogP contribution >= 0.6 is 11.6 Å². The molecular weight excluding hydrogens is 292 g/mol. The fraction of sp³-hybridized carbons (Fsp3) is 0.385. The van der Waals surface area contributed by atoms with Gasteiger partial charge in [0.2, 0.25) is 5.82 Å². The fourth-order valence-electron chi connectivity index (χ4n) is 2.54. The van der Waals surface area contributed by atoms with Crippen molar-refractivity contribution in [1.29, 1.82) is 0 Å². The number of carbonyl (C=O) groups excluding carboxylic acids is 1. The SMILES string of the molecule is NC(=O)c1ncn(C2CCCN(c3ncccc3Cl)C2)n1. The minimum absolute atomic E-state index is 0.0444. The van der Waals surface area contributed by atoms with E-state index in [1.54, 1.807) is 17.2 Å². The molecule has 1 aliphatic heterocycles. The smallest absolute Gasteiger partial charge is 0.288 e. The van der Waals surface area contributed by atoms with E-state index in [-0.39, 0.29) is 11.9 Å². The largest absolute Gasteiger partial charge is 0.363 e. The van der Waals surface area contributed by atoms with Gasteiger partial charge in [-0.2, -0.15) is 0 Å². The molecule has 0 spiro atoms. The molecule has 3 heterocycles. The molecule has 8 heteroatoms. The topological polar surface area (TPSA) is 89.9 Å². The summed E-state index contributed by atoms with van der Waals surface area (Å²) in [6.45, 7) is 1.61. The van der Waals surface area contributed by atoms with E-state index in [0.29, 0.717) is 5.02 Å². The number of nitrogens with zero attached hydrogens (tertiary/aromatic N) is 5. The lowest BCUT2D eigenvalue weighted by atomic mass is 10.1. The third kappa shape index (κ3) is 2.82. The monoisotopic (exact) mass is 306 g/mol. The van der Waals surface area contributed by atoms with Crippen molar-refractivity contribution in [3.8, 4) is 0 Å². The number of piperidine rings is 1. The summed E-state index contributed by atoms with van der Waals surface area (Å²) >= 11 is 6.20. The molecule has 3 rings (SSSR count). The molecule has 0 aromatic carbocycles. The van der Waals surface area contributed by atoms with Gasteiger partial charge in [0.1, 0.15) is 12.1 Å². The highest BCUT2D eigenvalue weighted by Gasteiger charge is 2.24. The van der Waals surface area contributed by atoms with Crippen LogP contribution in [-0.2, 0) is 0 Å². The maximum atomic E-state index is 11.1. The minimum Gasteiger partial charge on any atom is -0.363 e. The number of halogens is 1. The van der Waals surface area contributed by atoms with Crippen LogP contribution < -0.4 is 10.6 Å². The van der Waals surface area contributed by atoms with Gasteiger partial charge in [0.25, 0.3) is 5.91 Å². The van der Waals surface area contributed by atoms with E-state index in [4.69, 9.17) is 17.3 Å². The zero-order valence-electron chi connectivity index (χ0n) is 11.3. The molecule has 1 unspecified atom stereocenters. The lowest BCUT2D eigenvalue weighted by Gasteiger charge is -2.33. The molecule has 7 nitrogen and oxygen atoms in total. The van der Waals surface area contributed by atoms with Gasteiger partial charge in [-0.15, -0.1) is 5.10 Å². The molecule has 1 saturated heterocycles. The molecule has 1 aliphatic rings. The zero-order valence-corrected chi connectivity index (χ0v) is 12.1. The molecule has 2 N–H and O–H groups in total. The Morgan fingerprint density at radius 1 is 1.43 bits per heavy atom. The van der Waals surface area contributed by atoms with E-state index in [9.17, 15) is 4.79 Å². The molecule has 2 aromatic rings. The van der Waals surface area contributed by atoms with Crippen molar-refractivity contribution in [3.63, 3.8) is 0 Å². The van der Waals surface area contributed by atoms with Gasteiger partial charge < -0.3 is 10.6 Å². The van der Waals surface area contributed by atoms with Gasteiger partial charge in [0, 0.05) is 19.3 Å². The Kier molecular flexibility index (Phi) is 3.74. The fourth-order valence-corrected chi connectivity index (χ4v) is 2.78. The lowest BCUT2D eigenvalue weighted by Crippen LogP contribution is -2.37. The third-order valence-electron chi connectivity index (χ3n) is 3.54. The predicted octanol–water partition coefficient (Wildman–Crippen LogP) is 1.27. The van der Waals surface area contributed by atoms with Gasteiger partial charge in [-0.1, -0.05) is 11.6 Å². The van der Waals surface area contributed by atoms with E-state index in [2.05, 4.69) is 20.0 Å². The number of aromatic nitrogens is 4. The highest BCUT2D eigenvalue weighted by Crippen LogP contribution is 2.28. The highest BCUT2D eigenvalue weighted by atomic mass is 35.5. The third-order valence-corrected chi connectivity index (χ3v) is 3.83. The van der Waals surface area contributed by atoms with Gasteiger partial charge >= 0.3 is 0 Å². The van der Waals surface area contributed by atoms with E-state index < -0.39 is 5.91 Å². The number of hydrogen-bond acceptors (Lipinski definition) is 5. The molecule has 1 amide bonds. The standard InChI is InChI=1S/C13H15ClN6O/c14-10-4-1-5-16-13(10)19-6-2-3-9(7-19)20-8-17-12(18-20)11(15)21/h1,4-5,8-9H,2-3,6-7H2,(H2,15,21). The highest BCUT2D eigenvalue weighted by molar-refractivity contribution is 6.32. The average molecular weight is 307 g/mol. The van der Waals surface area contributed by atoms with Crippen LogP contribution in [0, 0.1) is 0 Å². The molecule has 21 heavy (non-hydrogen) atoms. The molecule has 0 radical (unpaired) electrons. The van der Waals surface area contributed by atoms with Crippen molar-refractivity contribution >= 4 is 23.3 Å². The van der Waals surface area contributed by atoms with Gasteiger partial charge in [-0.3, -0.25) is 4.79 Å². The normalized spacial score (nSPS) is 18.7. The first-order valence-corrected chi connectivity index (χ1v) is 7.09. The number of carbonyl (C=O) groups is 1. The summed E-state index contributed by atoms with van der Waals surface area (Å²) in [6.07, 6.45) is 5.23. The summed E-state index contributed by atoms with van der Waals surface area (Å²) in [5, 5.41) is 4.77. The first-order chi connectivity index (χ1) is 10.1. The predicted molar refractivity (Wildman–Crippen MR) is 78.3 cm³/mol. The van der Waals surface area contributed by atoms with Crippen LogP contribution in [0.15, 0.2) is 24.7 Å². The van der Waals surface area contributed by atoms with E-state index in [0.717, 1.165) is 31.7 Å². The molecule has 2 aromatic heterocycles. The number of nitrogens with two attached hydrogens (primary N) is 1. The van der Waals surface area contributed by atoms with Gasteiger partial charge in [-0.25, -0.2) is 14.6 Å². The van der Waals surface area contributed by atoms with Crippen LogP contribution in [0.1, 0.15) is 29.5 Å². The number of primary amides is 1. The Morgan fingerprint density at radius 2 is 2.29 bits per heavy atom. The van der Waals surface area contributed by atoms with Crippen molar-refractivity contribution in [3.05, 3.63) is 35.5 Å². The van der Waals surface area contributed by atoms with Crippen LogP contribution in [0.4, 0.5) is 5.82 Å². The number of rotatable bonds is 3. The van der Waals surface area contributed by atoms with Crippen molar-refractivity contribution in [2.24, 2.45) is 5.73 Å². The Morgan fingerprint density at radius 3 is 3.00 bits per heavy atom. The van der Waals surface area contributed by atoms with Crippen molar-refractivity contribution in [1.82, 2.24) is 19.7 Å². The number of amides is 1. The van der Waals surface area contributed by atoms with Crippen LogP contribution in [0.2, 0.25) is 5.02 Å². The summed E-state index contributed by atoms with van der Waals surface area (Å²) in [6, 6.07) is 3.76. The zero-order chi connectivity index (χ0) is 14.8. The van der Waals surface area contributed by atoms with Gasteiger partial charge in [-0.05, 0) is 25.0 Å². The number of anilines is 1. The average Bonchev–Trinajstić information content (AvgIpc) is 2.98. The van der Waals surface area contributed by atoms with Gasteiger partial charge in [0.05, 0.1) is 11.1 Å². The molecule has 0 aliphatic carbocycles. The first-order valence-electron chi connectivity index (χ1n) is 6.71. The maximum absolute atomic E-state index is 11.1. The van der Waals surface area contributed by atoms with Crippen LogP contribution in [-0.4, -0.2) is 38.7 Å². The molecule has 0 saturated carbocycles. The Hall–Kier alpha value is -2.15. The van der Waals surface area contributed by atoms with E-state index in [1.165, 1.54) is 0 Å². The Bertz CT molecular complexity index is 658. The maximum Gasteiger partial charge on any atom is 0.288 e. The molecular formula is C13H15ClN6O. The second-order valence-corrected chi connectivity index (χ2v) is 5.37. The number of hydrogen-bond donors (Lipinski definition) is 1. The summed E-state index contributed by atoms with van der Waals surface area (Å²) in [4.78, 5) is 21.5.